The Morgan fingerprint density at radius 2 is 1.64 bits per heavy atom. The molecule has 0 radical (unpaired) electrons. The fourth-order valence-electron chi connectivity index (χ4n) is 2.37. The van der Waals surface area contributed by atoms with Crippen molar-refractivity contribution in [1.29, 1.82) is 0 Å². The van der Waals surface area contributed by atoms with Gasteiger partial charge in [0.1, 0.15) is 5.75 Å². The highest BCUT2D eigenvalue weighted by Crippen LogP contribution is 2.29. The third-order valence-corrected chi connectivity index (χ3v) is 5.68. The van der Waals surface area contributed by atoms with Gasteiger partial charge in [-0.15, -0.1) is 0 Å². The van der Waals surface area contributed by atoms with Gasteiger partial charge in [0.15, 0.2) is 11.6 Å². The predicted octanol–water partition coefficient (Wildman–Crippen LogP) is 4.81. The van der Waals surface area contributed by atoms with E-state index in [1.165, 1.54) is 36.4 Å². The lowest BCUT2D eigenvalue weighted by Crippen LogP contribution is -2.31. The first kappa shape index (κ1) is 20.0. The molecule has 0 aliphatic rings. The lowest BCUT2D eigenvalue weighted by molar-refractivity contribution is 0.0978. The first-order valence-corrected chi connectivity index (χ1v) is 10.4. The normalized spacial score (nSPS) is 11.1. The number of rotatable bonds is 5. The van der Waals surface area contributed by atoms with E-state index in [0.29, 0.717) is 10.2 Å². The summed E-state index contributed by atoms with van der Waals surface area (Å²) in [6.45, 7) is 1.89. The Morgan fingerprint density at radius 1 is 1.00 bits per heavy atom. The smallest absolute Gasteiger partial charge is 0.268 e. The summed E-state index contributed by atoms with van der Waals surface area (Å²) < 4.78 is 47.3. The van der Waals surface area contributed by atoms with Crippen molar-refractivity contribution in [1.82, 2.24) is 4.72 Å². The molecule has 0 unspecified atom stereocenters. The van der Waals surface area contributed by atoms with Gasteiger partial charge in [-0.25, -0.2) is 17.5 Å². The molecule has 5 nitrogen and oxygen atoms in total. The number of benzene rings is 3. The summed E-state index contributed by atoms with van der Waals surface area (Å²) >= 11 is 3.21. The molecule has 0 atom stereocenters. The molecule has 144 valence electrons. The maximum Gasteiger partial charge on any atom is 0.268 e. The fraction of sp³-hybridized carbons (Fsp3) is 0.0500. The van der Waals surface area contributed by atoms with Gasteiger partial charge in [0, 0.05) is 4.47 Å². The van der Waals surface area contributed by atoms with E-state index in [-0.39, 0.29) is 16.2 Å². The van der Waals surface area contributed by atoms with Gasteiger partial charge in [-0.3, -0.25) is 4.79 Å². The molecule has 3 aromatic carbocycles. The van der Waals surface area contributed by atoms with Crippen molar-refractivity contribution < 1.29 is 22.3 Å². The molecule has 1 N–H and O–H groups in total. The third-order valence-electron chi connectivity index (χ3n) is 3.80. The van der Waals surface area contributed by atoms with Gasteiger partial charge in [-0.1, -0.05) is 39.7 Å². The maximum atomic E-state index is 14.3. The summed E-state index contributed by atoms with van der Waals surface area (Å²) in [4.78, 5) is 12.5. The number of hydrogen-bond acceptors (Lipinski definition) is 4. The van der Waals surface area contributed by atoms with Crippen molar-refractivity contribution in [3.8, 4) is 11.5 Å². The van der Waals surface area contributed by atoms with E-state index in [2.05, 4.69) is 15.9 Å². The van der Waals surface area contributed by atoms with E-state index in [0.717, 1.165) is 11.6 Å². The number of carbonyl (C=O) groups excluding carboxylic acids is 1. The van der Waals surface area contributed by atoms with E-state index >= 15 is 0 Å². The van der Waals surface area contributed by atoms with Crippen LogP contribution in [-0.2, 0) is 10.0 Å². The summed E-state index contributed by atoms with van der Waals surface area (Å²) in [7, 11) is -4.13. The summed E-state index contributed by atoms with van der Waals surface area (Å²) in [5.41, 5.74) is 0.751. The molecule has 3 rings (SSSR count). The highest BCUT2D eigenvalue weighted by molar-refractivity contribution is 9.10. The summed E-state index contributed by atoms with van der Waals surface area (Å²) in [6.07, 6.45) is 0. The molecule has 0 aliphatic heterocycles. The maximum absolute atomic E-state index is 14.3. The van der Waals surface area contributed by atoms with Crippen LogP contribution in [0, 0.1) is 12.7 Å². The Balaban J connectivity index is 1.90. The van der Waals surface area contributed by atoms with E-state index < -0.39 is 21.7 Å². The van der Waals surface area contributed by atoms with Gasteiger partial charge >= 0.3 is 0 Å². The largest absolute Gasteiger partial charge is 0.453 e. The van der Waals surface area contributed by atoms with Gasteiger partial charge in [0.25, 0.3) is 15.9 Å². The molecule has 0 aliphatic carbocycles. The van der Waals surface area contributed by atoms with Gasteiger partial charge in [-0.05, 0) is 55.5 Å². The van der Waals surface area contributed by atoms with Gasteiger partial charge < -0.3 is 4.74 Å². The number of nitrogens with one attached hydrogen (secondary N) is 1. The molecular formula is C20H15BrFNO4S. The summed E-state index contributed by atoms with van der Waals surface area (Å²) in [6, 6.07) is 16.3. The third kappa shape index (κ3) is 4.58. The molecule has 0 spiro atoms. The molecule has 1 amide bonds. The minimum atomic E-state index is -4.13. The average molecular weight is 464 g/mol. The number of ether oxygens (including phenoxy) is 1. The van der Waals surface area contributed by atoms with Crippen LogP contribution in [0.1, 0.15) is 15.9 Å². The number of hydrogen-bond donors (Lipinski definition) is 1. The van der Waals surface area contributed by atoms with Crippen molar-refractivity contribution >= 4 is 31.9 Å². The van der Waals surface area contributed by atoms with Crippen molar-refractivity contribution in [2.75, 3.05) is 0 Å². The van der Waals surface area contributed by atoms with E-state index in [1.807, 2.05) is 11.6 Å². The molecule has 0 bridgehead atoms. The average Bonchev–Trinajstić information content (AvgIpc) is 2.65. The Kier molecular flexibility index (Phi) is 5.81. The highest BCUT2D eigenvalue weighted by Gasteiger charge is 2.23. The molecule has 8 heteroatoms. The van der Waals surface area contributed by atoms with Crippen LogP contribution in [0.15, 0.2) is 76.1 Å². The van der Waals surface area contributed by atoms with Crippen LogP contribution in [0.4, 0.5) is 4.39 Å². The summed E-state index contributed by atoms with van der Waals surface area (Å²) in [5.74, 6) is -1.81. The van der Waals surface area contributed by atoms with Crippen molar-refractivity contribution in [3.05, 3.63) is 88.1 Å². The van der Waals surface area contributed by atoms with Gasteiger partial charge in [-0.2, -0.15) is 0 Å². The number of para-hydroxylation sites is 1. The predicted molar refractivity (Wildman–Crippen MR) is 106 cm³/mol. The minimum absolute atomic E-state index is 0.0959. The zero-order valence-corrected chi connectivity index (χ0v) is 17.1. The SMILES string of the molecule is Cc1ccc(Oc2c(F)cccc2C(=O)NS(=O)(=O)c2ccc(Br)cc2)cc1. The van der Waals surface area contributed by atoms with Crippen molar-refractivity contribution in [2.45, 2.75) is 11.8 Å². The van der Waals surface area contributed by atoms with Crippen LogP contribution < -0.4 is 9.46 Å². The van der Waals surface area contributed by atoms with Crippen LogP contribution in [0.3, 0.4) is 0 Å². The zero-order valence-electron chi connectivity index (χ0n) is 14.6. The molecule has 3 aromatic rings. The van der Waals surface area contributed by atoms with Crippen molar-refractivity contribution in [2.24, 2.45) is 0 Å². The second kappa shape index (κ2) is 8.12. The molecule has 0 saturated heterocycles. The molecule has 0 aromatic heterocycles. The van der Waals surface area contributed by atoms with E-state index in [9.17, 15) is 17.6 Å². The highest BCUT2D eigenvalue weighted by atomic mass is 79.9. The number of carbonyl (C=O) groups is 1. The van der Waals surface area contributed by atoms with Crippen molar-refractivity contribution in [3.63, 3.8) is 0 Å². The molecule has 0 heterocycles. The van der Waals surface area contributed by atoms with Crippen LogP contribution in [0.25, 0.3) is 0 Å². The first-order valence-electron chi connectivity index (χ1n) is 8.12. The number of aryl methyl sites for hydroxylation is 1. The summed E-state index contributed by atoms with van der Waals surface area (Å²) in [5, 5.41) is 0. The van der Waals surface area contributed by atoms with E-state index in [1.54, 1.807) is 24.3 Å². The molecular weight excluding hydrogens is 449 g/mol. The fourth-order valence-corrected chi connectivity index (χ4v) is 3.60. The van der Waals surface area contributed by atoms with Crippen LogP contribution in [0.2, 0.25) is 0 Å². The second-order valence-corrected chi connectivity index (χ2v) is 8.52. The Hall–Kier alpha value is -2.71. The molecule has 0 fully saturated rings. The van der Waals surface area contributed by atoms with Gasteiger partial charge in [0.2, 0.25) is 0 Å². The monoisotopic (exact) mass is 463 g/mol. The lowest BCUT2D eigenvalue weighted by Gasteiger charge is -2.13. The zero-order chi connectivity index (χ0) is 20.3. The van der Waals surface area contributed by atoms with Crippen LogP contribution in [-0.4, -0.2) is 14.3 Å². The number of amides is 1. The molecule has 28 heavy (non-hydrogen) atoms. The first-order chi connectivity index (χ1) is 13.3. The number of halogens is 2. The Labute approximate surface area is 170 Å². The topological polar surface area (TPSA) is 72.5 Å². The lowest BCUT2D eigenvalue weighted by atomic mass is 10.2. The minimum Gasteiger partial charge on any atom is -0.453 e. The number of sulfonamides is 1. The molecule has 0 saturated carbocycles. The second-order valence-electron chi connectivity index (χ2n) is 5.92. The Morgan fingerprint density at radius 3 is 2.29 bits per heavy atom. The van der Waals surface area contributed by atoms with Crippen LogP contribution in [0.5, 0.6) is 11.5 Å². The van der Waals surface area contributed by atoms with Gasteiger partial charge in [0.05, 0.1) is 10.5 Å². The van der Waals surface area contributed by atoms with Crippen LogP contribution >= 0.6 is 15.9 Å². The van der Waals surface area contributed by atoms with E-state index in [4.69, 9.17) is 4.74 Å². The quantitative estimate of drug-likeness (QED) is 0.589. The Bertz CT molecular complexity index is 1110. The standard InChI is InChI=1S/C20H15BrFNO4S/c1-13-5-9-15(10-6-13)27-19-17(3-2-4-18(19)22)20(24)23-28(25,26)16-11-7-14(21)8-12-16/h2-12H,1H3,(H,23,24).